The number of carbonyl (C=O) groups excluding carboxylic acids is 2. The number of rotatable bonds is 12. The zero-order chi connectivity index (χ0) is 20.4. The number of hydrogen-bond donors (Lipinski definition) is 7. The first-order valence-corrected chi connectivity index (χ1v) is 8.52. The molecule has 0 bridgehead atoms. The van der Waals surface area contributed by atoms with E-state index in [4.69, 9.17) is 16.6 Å². The molecule has 0 aliphatic rings. The Bertz CT molecular complexity index is 473. The maximum absolute atomic E-state index is 11.4. The molecule has 11 heteroatoms. The maximum Gasteiger partial charge on any atom is 0.326 e. The minimum absolute atomic E-state index is 0.216. The van der Waals surface area contributed by atoms with E-state index in [1.165, 1.54) is 5.49 Å². The lowest BCUT2D eigenvalue weighted by Crippen LogP contribution is -2.46. The number of nitrogens with one attached hydrogen (secondary N) is 4. The van der Waals surface area contributed by atoms with Crippen molar-refractivity contribution in [2.45, 2.75) is 32.2 Å². The largest absolute Gasteiger partial charge is 0.480 e. The van der Waals surface area contributed by atoms with Gasteiger partial charge in [0.15, 0.2) is 0 Å². The van der Waals surface area contributed by atoms with Gasteiger partial charge in [-0.1, -0.05) is 12.2 Å². The fraction of sp³-hybridized carbons (Fsp3) is 0.600. The van der Waals surface area contributed by atoms with Gasteiger partial charge in [0, 0.05) is 18.9 Å². The van der Waals surface area contributed by atoms with Crippen LogP contribution >= 0.6 is 12.2 Å². The zero-order valence-electron chi connectivity index (χ0n) is 15.2. The number of aliphatic carboxylic acids is 1. The van der Waals surface area contributed by atoms with E-state index in [-0.39, 0.29) is 13.1 Å². The Hall–Kier alpha value is -2.24. The van der Waals surface area contributed by atoms with Gasteiger partial charge in [0.2, 0.25) is 11.8 Å². The summed E-state index contributed by atoms with van der Waals surface area (Å²) in [6, 6.07) is -0.959. The molecule has 1 unspecified atom stereocenters. The second-order valence-electron chi connectivity index (χ2n) is 5.10. The topological polar surface area (TPSA) is 172 Å². The van der Waals surface area contributed by atoms with E-state index < -0.39 is 23.8 Å². The van der Waals surface area contributed by atoms with Gasteiger partial charge in [-0.25, -0.2) is 4.79 Å². The lowest BCUT2D eigenvalue weighted by Gasteiger charge is -2.14. The highest BCUT2D eigenvalue weighted by Crippen LogP contribution is 2.00. The molecule has 1 atom stereocenters. The van der Waals surface area contributed by atoms with Crippen LogP contribution < -0.4 is 32.7 Å². The molecule has 0 radical (unpaired) electrons. The Kier molecular flexibility index (Phi) is 17.6. The van der Waals surface area contributed by atoms with Crippen LogP contribution in [-0.4, -0.2) is 61.1 Å². The Balaban J connectivity index is 0. The van der Waals surface area contributed by atoms with Gasteiger partial charge in [0.05, 0.1) is 18.6 Å². The summed E-state index contributed by atoms with van der Waals surface area (Å²) in [7, 11) is 1.84. The first-order chi connectivity index (χ1) is 12.3. The van der Waals surface area contributed by atoms with Crippen LogP contribution in [0.4, 0.5) is 0 Å². The summed E-state index contributed by atoms with van der Waals surface area (Å²) in [4.78, 5) is 33.0. The van der Waals surface area contributed by atoms with Crippen molar-refractivity contribution in [3.8, 4) is 0 Å². The predicted molar refractivity (Wildman–Crippen MR) is 104 cm³/mol. The molecule has 0 aromatic rings. The molecule has 9 N–H and O–H groups in total. The van der Waals surface area contributed by atoms with Crippen molar-refractivity contribution in [1.82, 2.24) is 21.3 Å². The molecule has 0 rings (SSSR count). The monoisotopic (exact) mass is 390 g/mol. The fourth-order valence-electron chi connectivity index (χ4n) is 1.60. The molecular formula is C15H30N6O4S. The van der Waals surface area contributed by atoms with Crippen molar-refractivity contribution in [2.24, 2.45) is 11.5 Å². The summed E-state index contributed by atoms with van der Waals surface area (Å²) in [5.41, 5.74) is 12.8. The molecule has 0 heterocycles. The number of carboxylic acid groups (broad SMARTS) is 1. The lowest BCUT2D eigenvalue weighted by molar-refractivity contribution is -0.141. The maximum atomic E-state index is 11.4. The summed E-state index contributed by atoms with van der Waals surface area (Å²) in [6.45, 7) is 1.91. The van der Waals surface area contributed by atoms with Gasteiger partial charge in [-0.2, -0.15) is 0 Å². The van der Waals surface area contributed by atoms with Crippen LogP contribution in [0.1, 0.15) is 26.2 Å². The lowest BCUT2D eigenvalue weighted by atomic mass is 10.1. The third kappa shape index (κ3) is 16.6. The van der Waals surface area contributed by atoms with Crippen molar-refractivity contribution in [2.75, 3.05) is 26.7 Å². The molecule has 0 aliphatic heterocycles. The first-order valence-electron chi connectivity index (χ1n) is 8.05. The van der Waals surface area contributed by atoms with Crippen LogP contribution in [0.5, 0.6) is 0 Å². The van der Waals surface area contributed by atoms with Crippen LogP contribution in [0, 0.1) is 0 Å². The molecule has 0 fully saturated rings. The van der Waals surface area contributed by atoms with E-state index in [0.29, 0.717) is 25.8 Å². The minimum atomic E-state index is -1.11. The summed E-state index contributed by atoms with van der Waals surface area (Å²) < 4.78 is 0. The molecule has 0 aromatic heterocycles. The summed E-state index contributed by atoms with van der Waals surface area (Å²) in [5.74, 6) is -2.14. The van der Waals surface area contributed by atoms with Crippen molar-refractivity contribution < 1.29 is 19.5 Å². The third-order valence-electron chi connectivity index (χ3n) is 2.86. The molecule has 26 heavy (non-hydrogen) atoms. The van der Waals surface area contributed by atoms with E-state index >= 15 is 0 Å². The van der Waals surface area contributed by atoms with Crippen LogP contribution in [-0.2, 0) is 14.4 Å². The highest BCUT2D eigenvalue weighted by atomic mass is 32.1. The molecule has 0 aliphatic carbocycles. The molecule has 0 saturated carbocycles. The van der Waals surface area contributed by atoms with Crippen LogP contribution in [0.2, 0.25) is 0 Å². The van der Waals surface area contributed by atoms with E-state index in [2.05, 4.69) is 33.5 Å². The molecule has 0 spiro atoms. The van der Waals surface area contributed by atoms with E-state index in [0.717, 1.165) is 5.70 Å². The van der Waals surface area contributed by atoms with E-state index in [1.54, 1.807) is 0 Å². The van der Waals surface area contributed by atoms with Gasteiger partial charge < -0.3 is 37.8 Å². The summed E-state index contributed by atoms with van der Waals surface area (Å²) >= 11 is 4.54. The Morgan fingerprint density at radius 3 is 2.31 bits per heavy atom. The first kappa shape index (κ1) is 26.0. The average Bonchev–Trinajstić information content (AvgIpc) is 2.59. The van der Waals surface area contributed by atoms with E-state index in [1.807, 2.05) is 20.2 Å². The number of carbonyl (C=O) groups is 3. The number of allylic oxidation sites excluding steroid dienone is 1. The van der Waals surface area contributed by atoms with E-state index in [9.17, 15) is 14.4 Å². The van der Waals surface area contributed by atoms with Crippen molar-refractivity contribution in [1.29, 1.82) is 0 Å². The number of unbranched alkanes of at least 4 members (excludes halogenated alkanes) is 1. The molecule has 150 valence electrons. The van der Waals surface area contributed by atoms with Crippen molar-refractivity contribution in [3.63, 3.8) is 0 Å². The van der Waals surface area contributed by atoms with Gasteiger partial charge in [-0.15, -0.1) is 0 Å². The number of carboxylic acids is 1. The SMILES string of the molecule is CN/C=C(/C)NC=S.NCCCCC(NC(=O)CNC(=O)CN)C(=O)O. The van der Waals surface area contributed by atoms with Gasteiger partial charge in [-0.05, 0) is 32.7 Å². The van der Waals surface area contributed by atoms with Crippen LogP contribution in [0.3, 0.4) is 0 Å². The quantitative estimate of drug-likeness (QED) is 0.153. The molecule has 2 amide bonds. The van der Waals surface area contributed by atoms with Crippen molar-refractivity contribution >= 4 is 35.5 Å². The molecule has 0 saturated heterocycles. The summed E-state index contributed by atoms with van der Waals surface area (Å²) in [5, 5.41) is 19.2. The minimum Gasteiger partial charge on any atom is -0.480 e. The summed E-state index contributed by atoms with van der Waals surface area (Å²) in [6.07, 6.45) is 3.46. The van der Waals surface area contributed by atoms with Crippen LogP contribution in [0.25, 0.3) is 0 Å². The molecule has 10 nitrogen and oxygen atoms in total. The highest BCUT2D eigenvalue weighted by molar-refractivity contribution is 7.78. The standard InChI is InChI=1S/C10H20N4O4.C5H10N2S/c11-4-2-1-3-7(10(17)18)14-9(16)6-13-8(15)5-12;1-5(3-6-2)7-4-8/h7H,1-6,11-12H2,(H,13,15)(H,14,16)(H,17,18);3-4,6H,1-2H3,(H,7,8)/b;5-3-. The zero-order valence-corrected chi connectivity index (χ0v) is 16.0. The Morgan fingerprint density at radius 2 is 1.85 bits per heavy atom. The van der Waals surface area contributed by atoms with Gasteiger partial charge in [0.1, 0.15) is 6.04 Å². The Labute approximate surface area is 159 Å². The van der Waals surface area contributed by atoms with Gasteiger partial charge in [-0.3, -0.25) is 9.59 Å². The number of hydrogen-bond acceptors (Lipinski definition) is 7. The normalized spacial score (nSPS) is 11.3. The second kappa shape index (κ2) is 17.6. The van der Waals surface area contributed by atoms with Gasteiger partial charge >= 0.3 is 5.97 Å². The number of nitrogens with two attached hydrogens (primary N) is 2. The van der Waals surface area contributed by atoms with Crippen LogP contribution in [0.15, 0.2) is 11.9 Å². The molecular weight excluding hydrogens is 360 g/mol. The fourth-order valence-corrected chi connectivity index (χ4v) is 1.78. The van der Waals surface area contributed by atoms with Crippen molar-refractivity contribution in [3.05, 3.63) is 11.9 Å². The number of amides is 2. The smallest absolute Gasteiger partial charge is 0.326 e. The average molecular weight is 391 g/mol. The Morgan fingerprint density at radius 1 is 1.19 bits per heavy atom. The second-order valence-corrected chi connectivity index (χ2v) is 5.34. The number of thiocarbonyl (C=S) groups is 1. The third-order valence-corrected chi connectivity index (χ3v) is 2.98. The molecule has 0 aromatic carbocycles. The predicted octanol–water partition coefficient (Wildman–Crippen LogP) is -1.63. The highest BCUT2D eigenvalue weighted by Gasteiger charge is 2.19. The van der Waals surface area contributed by atoms with Gasteiger partial charge in [0.25, 0.3) is 0 Å².